The molecule has 0 atom stereocenters. The zero-order valence-electron chi connectivity index (χ0n) is 20.4. The first-order valence-electron chi connectivity index (χ1n) is 12.4. The molecule has 0 saturated carbocycles. The lowest BCUT2D eigenvalue weighted by molar-refractivity contribution is -0.122. The third-order valence-electron chi connectivity index (χ3n) is 6.90. The standard InChI is InChI=1S/C27H26N4O4S2/c1-17-7-6-12-30-23(17)28-24(29-10-4-2-3-5-11-29)19(25(30)32)14-22-26(33)31(27(36)37-22)15-18-8-9-20-21(13-18)35-16-34-20/h6-9,12-14H,2-5,10-11,15-16H2,1H3/b22-14+. The Bertz CT molecular complexity index is 1510. The molecule has 0 radical (unpaired) electrons. The SMILES string of the molecule is Cc1cccn2c(=O)c(/C=C3/SC(=S)N(Cc4ccc5c(c4)OCO5)C3=O)c(N3CCCCCC3)nc12. The van der Waals surface area contributed by atoms with E-state index in [1.165, 1.54) is 11.8 Å². The van der Waals surface area contributed by atoms with Crippen molar-refractivity contribution in [3.8, 4) is 11.5 Å². The predicted octanol–water partition coefficient (Wildman–Crippen LogP) is 4.51. The first-order valence-corrected chi connectivity index (χ1v) is 13.6. The van der Waals surface area contributed by atoms with Crippen molar-refractivity contribution in [1.82, 2.24) is 14.3 Å². The monoisotopic (exact) mass is 534 g/mol. The van der Waals surface area contributed by atoms with Crippen molar-refractivity contribution in [1.29, 1.82) is 0 Å². The maximum absolute atomic E-state index is 13.7. The molecule has 0 unspecified atom stereocenters. The summed E-state index contributed by atoms with van der Waals surface area (Å²) in [6, 6.07) is 9.39. The van der Waals surface area contributed by atoms with Gasteiger partial charge in [0, 0.05) is 19.3 Å². The largest absolute Gasteiger partial charge is 0.454 e. The lowest BCUT2D eigenvalue weighted by atomic mass is 10.2. The van der Waals surface area contributed by atoms with Crippen molar-refractivity contribution in [2.24, 2.45) is 0 Å². The number of rotatable bonds is 4. The molecule has 3 aromatic rings. The number of carbonyl (C=O) groups is 1. The number of amides is 1. The van der Waals surface area contributed by atoms with Crippen LogP contribution in [-0.2, 0) is 11.3 Å². The molecular weight excluding hydrogens is 508 g/mol. The summed E-state index contributed by atoms with van der Waals surface area (Å²) >= 11 is 6.79. The molecule has 2 fully saturated rings. The fourth-order valence-corrected chi connectivity index (χ4v) is 6.18. The maximum atomic E-state index is 13.7. The van der Waals surface area contributed by atoms with Crippen LogP contribution in [0.5, 0.6) is 11.5 Å². The van der Waals surface area contributed by atoms with Crippen molar-refractivity contribution >= 4 is 51.7 Å². The Hall–Kier alpha value is -3.37. The highest BCUT2D eigenvalue weighted by atomic mass is 32.2. The lowest BCUT2D eigenvalue weighted by Gasteiger charge is -2.24. The van der Waals surface area contributed by atoms with Gasteiger partial charge in [0.15, 0.2) is 11.5 Å². The Morgan fingerprint density at radius 1 is 1.08 bits per heavy atom. The molecule has 3 aliphatic heterocycles. The van der Waals surface area contributed by atoms with E-state index in [0.717, 1.165) is 49.9 Å². The van der Waals surface area contributed by atoms with Crippen LogP contribution >= 0.6 is 24.0 Å². The van der Waals surface area contributed by atoms with Gasteiger partial charge in [-0.2, -0.15) is 0 Å². The molecule has 37 heavy (non-hydrogen) atoms. The van der Waals surface area contributed by atoms with Gasteiger partial charge in [-0.15, -0.1) is 0 Å². The van der Waals surface area contributed by atoms with Gasteiger partial charge in [0.05, 0.1) is 17.0 Å². The lowest BCUT2D eigenvalue weighted by Crippen LogP contribution is -2.30. The number of benzene rings is 1. The number of fused-ring (bicyclic) bond motifs is 2. The van der Waals surface area contributed by atoms with Gasteiger partial charge in [-0.25, -0.2) is 4.98 Å². The minimum atomic E-state index is -0.219. The van der Waals surface area contributed by atoms with Crippen LogP contribution in [0.2, 0.25) is 0 Å². The smallest absolute Gasteiger partial charge is 0.267 e. The third kappa shape index (κ3) is 4.48. The van der Waals surface area contributed by atoms with Crippen LogP contribution in [0.4, 0.5) is 5.82 Å². The van der Waals surface area contributed by atoms with Gasteiger partial charge >= 0.3 is 0 Å². The third-order valence-corrected chi connectivity index (χ3v) is 8.27. The van der Waals surface area contributed by atoms with Crippen LogP contribution in [0.3, 0.4) is 0 Å². The second-order valence-corrected chi connectivity index (χ2v) is 11.1. The number of pyridine rings is 1. The number of carbonyl (C=O) groups excluding carboxylic acids is 1. The van der Waals surface area contributed by atoms with Gasteiger partial charge < -0.3 is 14.4 Å². The van der Waals surface area contributed by atoms with Crippen LogP contribution in [0.25, 0.3) is 11.7 Å². The van der Waals surface area contributed by atoms with E-state index in [1.807, 2.05) is 37.3 Å². The van der Waals surface area contributed by atoms with Crippen molar-refractivity contribution in [2.75, 3.05) is 24.8 Å². The summed E-state index contributed by atoms with van der Waals surface area (Å²) in [4.78, 5) is 36.4. The summed E-state index contributed by atoms with van der Waals surface area (Å²) in [5, 5.41) is 0. The second-order valence-electron chi connectivity index (χ2n) is 9.40. The molecule has 0 N–H and O–H groups in total. The zero-order valence-corrected chi connectivity index (χ0v) is 22.1. The van der Waals surface area contributed by atoms with Crippen molar-refractivity contribution in [3.63, 3.8) is 0 Å². The molecule has 0 bridgehead atoms. The summed E-state index contributed by atoms with van der Waals surface area (Å²) in [6.45, 7) is 4.12. The van der Waals surface area contributed by atoms with E-state index in [-0.39, 0.29) is 18.3 Å². The van der Waals surface area contributed by atoms with Gasteiger partial charge in [-0.3, -0.25) is 18.9 Å². The van der Waals surface area contributed by atoms with Gasteiger partial charge in [-0.1, -0.05) is 49.0 Å². The Labute approximate surface area is 223 Å². The molecule has 6 rings (SSSR count). The summed E-state index contributed by atoms with van der Waals surface area (Å²) in [7, 11) is 0. The maximum Gasteiger partial charge on any atom is 0.267 e. The zero-order chi connectivity index (χ0) is 25.5. The fraction of sp³-hybridized carbons (Fsp3) is 0.333. The van der Waals surface area contributed by atoms with E-state index in [1.54, 1.807) is 21.6 Å². The van der Waals surface area contributed by atoms with E-state index in [9.17, 15) is 9.59 Å². The van der Waals surface area contributed by atoms with Crippen molar-refractivity contribution in [3.05, 3.63) is 68.5 Å². The summed E-state index contributed by atoms with van der Waals surface area (Å²) in [6.07, 6.45) is 7.83. The first kappa shape index (κ1) is 24.0. The topological polar surface area (TPSA) is 76.4 Å². The van der Waals surface area contributed by atoms with E-state index in [4.69, 9.17) is 26.7 Å². The molecular formula is C27H26N4O4S2. The number of hydrogen-bond donors (Lipinski definition) is 0. The van der Waals surface area contributed by atoms with Crippen LogP contribution in [0.15, 0.2) is 46.2 Å². The van der Waals surface area contributed by atoms with Gasteiger partial charge in [0.25, 0.3) is 11.5 Å². The summed E-state index contributed by atoms with van der Waals surface area (Å²) < 4.78 is 12.9. The number of nitrogens with zero attached hydrogens (tertiary/aromatic N) is 4. The molecule has 2 aromatic heterocycles. The highest BCUT2D eigenvalue weighted by Gasteiger charge is 2.33. The highest BCUT2D eigenvalue weighted by Crippen LogP contribution is 2.37. The normalized spacial score (nSPS) is 18.8. The molecule has 8 nitrogen and oxygen atoms in total. The van der Waals surface area contributed by atoms with E-state index in [0.29, 0.717) is 44.3 Å². The van der Waals surface area contributed by atoms with E-state index < -0.39 is 0 Å². The van der Waals surface area contributed by atoms with Crippen LogP contribution < -0.4 is 19.9 Å². The van der Waals surface area contributed by atoms with Crippen molar-refractivity contribution in [2.45, 2.75) is 39.2 Å². The number of hydrogen-bond acceptors (Lipinski definition) is 8. The average Bonchev–Trinajstić information content (AvgIpc) is 3.33. The molecule has 1 aromatic carbocycles. The fourth-order valence-electron chi connectivity index (χ4n) is 4.94. The molecule has 10 heteroatoms. The second kappa shape index (κ2) is 9.83. The first-order chi connectivity index (χ1) is 18.0. The Morgan fingerprint density at radius 2 is 1.86 bits per heavy atom. The number of aryl methyl sites for hydroxylation is 1. The Kier molecular flexibility index (Phi) is 6.37. The number of anilines is 1. The average molecular weight is 535 g/mol. The number of thiocarbonyl (C=S) groups is 1. The molecule has 1 amide bonds. The van der Waals surface area contributed by atoms with Crippen LogP contribution in [-0.4, -0.2) is 44.4 Å². The number of thioether (sulfide) groups is 1. The predicted molar refractivity (Wildman–Crippen MR) is 148 cm³/mol. The molecule has 3 aliphatic rings. The van der Waals surface area contributed by atoms with Crippen LogP contribution in [0, 0.1) is 6.92 Å². The Morgan fingerprint density at radius 3 is 2.68 bits per heavy atom. The molecule has 0 spiro atoms. The molecule has 190 valence electrons. The van der Waals surface area contributed by atoms with Crippen molar-refractivity contribution < 1.29 is 14.3 Å². The highest BCUT2D eigenvalue weighted by molar-refractivity contribution is 8.26. The summed E-state index contributed by atoms with van der Waals surface area (Å²) in [5.74, 6) is 1.77. The molecule has 2 saturated heterocycles. The van der Waals surface area contributed by atoms with Gasteiger partial charge in [-0.05, 0) is 55.2 Å². The van der Waals surface area contributed by atoms with Crippen LogP contribution in [0.1, 0.15) is 42.4 Å². The number of aromatic nitrogens is 2. The van der Waals surface area contributed by atoms with E-state index in [2.05, 4.69) is 4.90 Å². The van der Waals surface area contributed by atoms with Gasteiger partial charge in [0.1, 0.15) is 15.8 Å². The minimum Gasteiger partial charge on any atom is -0.454 e. The number of ether oxygens (including phenoxy) is 2. The molecule has 5 heterocycles. The minimum absolute atomic E-state index is 0.186. The Balaban J connectivity index is 1.38. The summed E-state index contributed by atoms with van der Waals surface area (Å²) in [5.41, 5.74) is 2.69. The quantitative estimate of drug-likeness (QED) is 0.358. The molecule has 0 aliphatic carbocycles. The van der Waals surface area contributed by atoms with E-state index >= 15 is 0 Å². The van der Waals surface area contributed by atoms with Gasteiger partial charge in [0.2, 0.25) is 6.79 Å².